The number of carbonyl (C=O) groups excluding carboxylic acids is 1. The molecule has 0 aliphatic rings. The number of thiophene rings is 1. The first-order valence-corrected chi connectivity index (χ1v) is 13.2. The summed E-state index contributed by atoms with van der Waals surface area (Å²) in [5.41, 5.74) is 16.6. The van der Waals surface area contributed by atoms with Crippen LogP contribution in [0.3, 0.4) is 0 Å². The summed E-state index contributed by atoms with van der Waals surface area (Å²) in [7, 11) is 3.13. The molecule has 0 amide bonds. The van der Waals surface area contributed by atoms with Crippen LogP contribution in [0.25, 0.3) is 38.3 Å². The minimum atomic E-state index is -0.883. The minimum absolute atomic E-state index is 0.147. The van der Waals surface area contributed by atoms with Gasteiger partial charge in [0.1, 0.15) is 21.2 Å². The highest BCUT2D eigenvalue weighted by molar-refractivity contribution is 7.21. The van der Waals surface area contributed by atoms with Crippen LogP contribution in [-0.4, -0.2) is 30.3 Å². The second kappa shape index (κ2) is 10.3. The van der Waals surface area contributed by atoms with Crippen LogP contribution >= 0.6 is 11.3 Å². The Bertz CT molecular complexity index is 1910. The average Bonchev–Trinajstić information content (AvgIpc) is 3.56. The van der Waals surface area contributed by atoms with Crippen molar-refractivity contribution in [2.45, 2.75) is 0 Å². The number of methoxy groups -OCH3 is 2. The van der Waals surface area contributed by atoms with Crippen molar-refractivity contribution in [2.75, 3.05) is 25.7 Å². The Morgan fingerprint density at radius 2 is 1.66 bits per heavy atom. The number of aromatic nitrogens is 3. The van der Waals surface area contributed by atoms with E-state index < -0.39 is 11.7 Å². The molecule has 0 atom stereocenters. The van der Waals surface area contributed by atoms with Gasteiger partial charge in [-0.1, -0.05) is 24.3 Å². The van der Waals surface area contributed by atoms with E-state index in [-0.39, 0.29) is 16.3 Å². The molecule has 41 heavy (non-hydrogen) atoms. The number of hydrogen-bond acceptors (Lipinski definition) is 10. The van der Waals surface area contributed by atoms with Gasteiger partial charge in [-0.2, -0.15) is 0 Å². The molecule has 6 aromatic rings. The molecule has 3 aromatic carbocycles. The second-order valence-corrected chi connectivity index (χ2v) is 10.1. The molecule has 0 saturated heterocycles. The molecule has 0 bridgehead atoms. The normalized spacial score (nSPS) is 11.1. The van der Waals surface area contributed by atoms with E-state index in [1.54, 1.807) is 50.6 Å². The Hall–Kier alpha value is -5.42. The summed E-state index contributed by atoms with van der Waals surface area (Å²) in [5.74, 6) is -0.244. The molecule has 0 spiro atoms. The van der Waals surface area contributed by atoms with Crippen molar-refractivity contribution in [3.63, 3.8) is 0 Å². The molecule has 0 fully saturated rings. The van der Waals surface area contributed by atoms with E-state index >= 15 is 0 Å². The first-order valence-electron chi connectivity index (χ1n) is 12.4. The molecular weight excluding hydrogens is 542 g/mol. The highest BCUT2D eigenvalue weighted by atomic mass is 32.1. The van der Waals surface area contributed by atoms with Crippen LogP contribution in [0.1, 0.15) is 15.4 Å². The molecular formula is C30H23N5O5S. The molecule has 3 heterocycles. The smallest absolute Gasteiger partial charge is 0.312 e. The summed E-state index contributed by atoms with van der Waals surface area (Å²) in [6, 6.07) is 23.5. The quantitative estimate of drug-likeness (QED) is 0.163. The van der Waals surface area contributed by atoms with E-state index in [1.807, 2.05) is 42.5 Å². The number of anilines is 2. The lowest BCUT2D eigenvalue weighted by Gasteiger charge is -2.10. The summed E-state index contributed by atoms with van der Waals surface area (Å²) >= 11 is 1.10. The van der Waals surface area contributed by atoms with Gasteiger partial charge in [-0.25, -0.2) is 4.98 Å². The van der Waals surface area contributed by atoms with Gasteiger partial charge in [-0.15, -0.1) is 11.3 Å². The van der Waals surface area contributed by atoms with Crippen molar-refractivity contribution >= 4 is 38.7 Å². The third-order valence-corrected chi connectivity index (χ3v) is 7.73. The van der Waals surface area contributed by atoms with Gasteiger partial charge in [0.25, 0.3) is 5.78 Å². The van der Waals surface area contributed by atoms with Gasteiger partial charge in [-0.3, -0.25) is 4.79 Å². The standard InChI is InChI=1S/C30H23N5O5S/c1-38-20-12-10-19(11-13-20)35-26(30(37)40-34-35)27(36)28-25(32)24-22(17-4-3-5-21(14-17)39-2)15-23(33-29(24)41-28)16-6-8-18(31)9-7-16/h3-15H,1-2H3,(H4-,31,32,33,34,36,37). The van der Waals surface area contributed by atoms with Crippen LogP contribution in [0, 0.1) is 0 Å². The third kappa shape index (κ3) is 4.57. The zero-order chi connectivity index (χ0) is 28.7. The molecule has 3 aromatic heterocycles. The van der Waals surface area contributed by atoms with E-state index in [2.05, 4.69) is 5.27 Å². The van der Waals surface area contributed by atoms with Crippen LogP contribution in [0.15, 0.2) is 83.4 Å². The Morgan fingerprint density at radius 3 is 2.37 bits per heavy atom. The number of nitrogens with zero attached hydrogens (tertiary/aromatic N) is 3. The van der Waals surface area contributed by atoms with Crippen molar-refractivity contribution in [1.29, 1.82) is 0 Å². The van der Waals surface area contributed by atoms with Gasteiger partial charge >= 0.3 is 5.69 Å². The third-order valence-electron chi connectivity index (χ3n) is 6.63. The second-order valence-electron chi connectivity index (χ2n) is 9.08. The Kier molecular flexibility index (Phi) is 6.48. The minimum Gasteiger partial charge on any atom is -0.539 e. The predicted octanol–water partition coefficient (Wildman–Crippen LogP) is 4.38. The highest BCUT2D eigenvalue weighted by Crippen LogP contribution is 2.43. The molecule has 0 saturated carbocycles. The van der Waals surface area contributed by atoms with E-state index in [1.165, 1.54) is 0 Å². The van der Waals surface area contributed by atoms with E-state index in [0.29, 0.717) is 38.8 Å². The number of pyridine rings is 1. The van der Waals surface area contributed by atoms with Crippen molar-refractivity contribution in [2.24, 2.45) is 0 Å². The van der Waals surface area contributed by atoms with Crippen LogP contribution < -0.4 is 30.7 Å². The fourth-order valence-electron chi connectivity index (χ4n) is 4.55. The van der Waals surface area contributed by atoms with Gasteiger partial charge in [0.05, 0.1) is 30.9 Å². The maximum atomic E-state index is 13.9. The molecule has 4 N–H and O–H groups in total. The summed E-state index contributed by atoms with van der Waals surface area (Å²) in [5, 5.41) is 17.1. The van der Waals surface area contributed by atoms with Crippen LogP contribution in [-0.2, 0) is 0 Å². The highest BCUT2D eigenvalue weighted by Gasteiger charge is 2.33. The van der Waals surface area contributed by atoms with E-state index in [0.717, 1.165) is 32.7 Å². The SMILES string of the molecule is COc1ccc(-[n+]2noc([O-])c2C(=O)c2sc3nc(-c4ccc(N)cc4)cc(-c4cccc(OC)c4)c3c2N)cc1. The lowest BCUT2D eigenvalue weighted by atomic mass is 9.99. The molecule has 6 rings (SSSR count). The Labute approximate surface area is 238 Å². The Balaban J connectivity index is 1.54. The summed E-state index contributed by atoms with van der Waals surface area (Å²) < 4.78 is 16.7. The molecule has 0 radical (unpaired) electrons. The summed E-state index contributed by atoms with van der Waals surface area (Å²) in [6.07, 6.45) is 0. The van der Waals surface area contributed by atoms with Gasteiger partial charge in [0.15, 0.2) is 5.95 Å². The summed E-state index contributed by atoms with van der Waals surface area (Å²) in [6.45, 7) is 0. The number of benzene rings is 3. The van der Waals surface area contributed by atoms with Crippen molar-refractivity contribution in [1.82, 2.24) is 10.3 Å². The largest absolute Gasteiger partial charge is 0.539 e. The van der Waals surface area contributed by atoms with E-state index in [4.69, 9.17) is 30.4 Å². The number of fused-ring (bicyclic) bond motifs is 1. The monoisotopic (exact) mass is 565 g/mol. The van der Waals surface area contributed by atoms with Gasteiger partial charge < -0.3 is 30.6 Å². The maximum absolute atomic E-state index is 13.9. The number of ketones is 1. The number of nitrogen functional groups attached to an aromatic ring is 2. The summed E-state index contributed by atoms with van der Waals surface area (Å²) in [4.78, 5) is 19.4. The lowest BCUT2D eigenvalue weighted by molar-refractivity contribution is -0.672. The molecule has 0 aliphatic carbocycles. The number of rotatable bonds is 7. The number of carbonyl (C=O) groups is 1. The Morgan fingerprint density at radius 1 is 0.927 bits per heavy atom. The maximum Gasteiger partial charge on any atom is 0.312 e. The van der Waals surface area contributed by atoms with Crippen molar-refractivity contribution in [3.05, 3.63) is 89.4 Å². The first-order chi connectivity index (χ1) is 19.9. The molecule has 0 unspecified atom stereocenters. The molecule has 10 nitrogen and oxygen atoms in total. The van der Waals surface area contributed by atoms with E-state index in [9.17, 15) is 9.90 Å². The van der Waals surface area contributed by atoms with Crippen molar-refractivity contribution in [3.8, 4) is 45.5 Å². The molecule has 204 valence electrons. The molecule has 0 aliphatic heterocycles. The number of nitrogens with two attached hydrogens (primary N) is 2. The van der Waals surface area contributed by atoms with Crippen LogP contribution in [0.4, 0.5) is 11.4 Å². The van der Waals surface area contributed by atoms with Crippen LogP contribution in [0.2, 0.25) is 0 Å². The average molecular weight is 566 g/mol. The topological polar surface area (TPSA) is 153 Å². The van der Waals surface area contributed by atoms with Gasteiger partial charge in [-0.05, 0) is 58.3 Å². The number of hydrogen-bond donors (Lipinski definition) is 2. The lowest BCUT2D eigenvalue weighted by Crippen LogP contribution is -2.39. The fourth-order valence-corrected chi connectivity index (χ4v) is 5.61. The van der Waals surface area contributed by atoms with Crippen molar-refractivity contribution < 1.29 is 28.6 Å². The first kappa shape index (κ1) is 25.8. The predicted molar refractivity (Wildman–Crippen MR) is 153 cm³/mol. The fraction of sp³-hybridized carbons (Fsp3) is 0.0667. The zero-order valence-corrected chi connectivity index (χ0v) is 22.8. The van der Waals surface area contributed by atoms with Gasteiger partial charge in [0, 0.05) is 28.8 Å². The number of ether oxygens (including phenoxy) is 2. The zero-order valence-electron chi connectivity index (χ0n) is 22.0. The molecule has 11 heteroatoms. The van der Waals surface area contributed by atoms with Crippen LogP contribution in [0.5, 0.6) is 17.4 Å². The van der Waals surface area contributed by atoms with Gasteiger partial charge in [0.2, 0.25) is 5.69 Å².